The maximum Gasteiger partial charge on any atom is 0.128 e. The number of para-hydroxylation sites is 4. The van der Waals surface area contributed by atoms with Crippen LogP contribution in [0.4, 0.5) is 0 Å². The fourth-order valence-corrected chi connectivity index (χ4v) is 8.93. The predicted molar refractivity (Wildman–Crippen MR) is 212 cm³/mol. The first-order valence-electron chi connectivity index (χ1n) is 17.0. The Kier molecular flexibility index (Phi) is 13.8. The highest BCUT2D eigenvalue weighted by Gasteiger charge is 2.32. The summed E-state index contributed by atoms with van der Waals surface area (Å²) in [6, 6.07) is 25.7. The molecular weight excluding hydrogens is 864 g/mol. The molecule has 48 heavy (non-hydrogen) atoms. The van der Waals surface area contributed by atoms with Crippen molar-refractivity contribution in [2.24, 2.45) is 0 Å². The van der Waals surface area contributed by atoms with Gasteiger partial charge in [-0.05, 0) is 25.7 Å². The van der Waals surface area contributed by atoms with Gasteiger partial charge in [0.15, 0.2) is 0 Å². The van der Waals surface area contributed by atoms with Crippen molar-refractivity contribution in [1.82, 2.24) is 0 Å². The standard InChI is InChI=1S/C40H44Br4O4/c1-5-21-45-37-25-13-9-14-26(37)34(42)28-16-11-18-30(39(28)47-23-7-3)36(44)32-20-12-19-31(40(32)48-24-8-4)35(43)29-17-10-15-27(33(25)41)38(29)46-22-6-2/h9-20,33-36H,5-8,21-24H2,1-4H3. The molecule has 1 aliphatic rings. The van der Waals surface area contributed by atoms with E-state index in [9.17, 15) is 0 Å². The monoisotopic (exact) mass is 904 g/mol. The van der Waals surface area contributed by atoms with Gasteiger partial charge in [-0.1, -0.05) is 164 Å². The van der Waals surface area contributed by atoms with E-state index in [2.05, 4.69) is 164 Å². The molecule has 256 valence electrons. The number of benzene rings is 4. The van der Waals surface area contributed by atoms with Crippen molar-refractivity contribution in [2.75, 3.05) is 26.4 Å². The lowest BCUT2D eigenvalue weighted by molar-refractivity contribution is 0.304. The molecule has 0 amide bonds. The third kappa shape index (κ3) is 7.82. The molecule has 0 spiro atoms. The van der Waals surface area contributed by atoms with Gasteiger partial charge in [0.2, 0.25) is 0 Å². The fourth-order valence-electron chi connectivity index (χ4n) is 6.04. The molecule has 4 aromatic rings. The van der Waals surface area contributed by atoms with Gasteiger partial charge in [-0.2, -0.15) is 0 Å². The first kappa shape index (κ1) is 37.3. The normalized spacial score (nSPS) is 18.7. The van der Waals surface area contributed by atoms with Crippen LogP contribution >= 0.6 is 63.7 Å². The Bertz CT molecular complexity index is 1340. The maximum atomic E-state index is 6.64. The van der Waals surface area contributed by atoms with Crippen LogP contribution in [0.25, 0.3) is 0 Å². The molecule has 0 saturated heterocycles. The highest BCUT2D eigenvalue weighted by molar-refractivity contribution is 9.10. The molecule has 8 bridgehead atoms. The summed E-state index contributed by atoms with van der Waals surface area (Å²) in [4.78, 5) is -0.779. The zero-order valence-corrected chi connectivity index (χ0v) is 34.4. The highest BCUT2D eigenvalue weighted by atomic mass is 79.9. The van der Waals surface area contributed by atoms with E-state index < -0.39 is 0 Å². The molecule has 4 aromatic carbocycles. The third-order valence-electron chi connectivity index (χ3n) is 8.29. The third-order valence-corrected chi connectivity index (χ3v) is 12.2. The number of halogens is 4. The summed E-state index contributed by atoms with van der Waals surface area (Å²) in [6.07, 6.45) is 3.58. The minimum absolute atomic E-state index is 0.195. The molecule has 8 heteroatoms. The molecule has 4 nitrogen and oxygen atoms in total. The summed E-state index contributed by atoms with van der Waals surface area (Å²) in [5, 5.41) is 0. The lowest BCUT2D eigenvalue weighted by Gasteiger charge is -2.28. The number of rotatable bonds is 12. The average molecular weight is 908 g/mol. The first-order chi connectivity index (χ1) is 23.4. The molecule has 0 heterocycles. The predicted octanol–water partition coefficient (Wildman–Crippen LogP) is 13.1. The summed E-state index contributed by atoms with van der Waals surface area (Å²) in [7, 11) is 0. The zero-order chi connectivity index (χ0) is 34.2. The molecule has 5 rings (SSSR count). The summed E-state index contributed by atoms with van der Waals surface area (Å²) >= 11 is 16.6. The quantitative estimate of drug-likeness (QED) is 0.133. The van der Waals surface area contributed by atoms with Crippen molar-refractivity contribution in [2.45, 2.75) is 72.7 Å². The van der Waals surface area contributed by atoms with Gasteiger partial charge in [-0.25, -0.2) is 0 Å². The van der Waals surface area contributed by atoms with Crippen molar-refractivity contribution in [3.8, 4) is 23.0 Å². The molecule has 0 fully saturated rings. The van der Waals surface area contributed by atoms with E-state index in [1.165, 1.54) is 0 Å². The van der Waals surface area contributed by atoms with Gasteiger partial charge in [0, 0.05) is 44.5 Å². The Morgan fingerprint density at radius 2 is 0.521 bits per heavy atom. The van der Waals surface area contributed by atoms with Gasteiger partial charge < -0.3 is 18.9 Å². The zero-order valence-electron chi connectivity index (χ0n) is 28.0. The van der Waals surface area contributed by atoms with Crippen LogP contribution in [0.1, 0.15) is 117 Å². The van der Waals surface area contributed by atoms with Crippen molar-refractivity contribution in [1.29, 1.82) is 0 Å². The van der Waals surface area contributed by atoms with E-state index in [0.717, 1.165) is 93.2 Å². The average Bonchev–Trinajstić information content (AvgIpc) is 3.12. The van der Waals surface area contributed by atoms with E-state index in [-0.39, 0.29) is 19.3 Å². The van der Waals surface area contributed by atoms with Crippen LogP contribution in [0.5, 0.6) is 23.0 Å². The van der Waals surface area contributed by atoms with Gasteiger partial charge in [0.1, 0.15) is 23.0 Å². The molecular formula is C40H44Br4O4. The van der Waals surface area contributed by atoms with E-state index in [1.807, 2.05) is 0 Å². The fraction of sp³-hybridized carbons (Fsp3) is 0.400. The van der Waals surface area contributed by atoms with Crippen LogP contribution in [-0.2, 0) is 0 Å². The first-order valence-corrected chi connectivity index (χ1v) is 20.6. The van der Waals surface area contributed by atoms with Gasteiger partial charge in [0.25, 0.3) is 0 Å². The smallest absolute Gasteiger partial charge is 0.128 e. The van der Waals surface area contributed by atoms with Crippen molar-refractivity contribution < 1.29 is 18.9 Å². The topological polar surface area (TPSA) is 36.9 Å². The van der Waals surface area contributed by atoms with Crippen LogP contribution in [0.15, 0.2) is 72.8 Å². The molecule has 0 unspecified atom stereocenters. The Hall–Kier alpha value is -2.00. The number of fused-ring (bicyclic) bond motifs is 8. The molecule has 0 aromatic heterocycles. The number of hydrogen-bond acceptors (Lipinski definition) is 4. The van der Waals surface area contributed by atoms with Gasteiger partial charge >= 0.3 is 0 Å². The van der Waals surface area contributed by atoms with Crippen molar-refractivity contribution in [3.63, 3.8) is 0 Å². The van der Waals surface area contributed by atoms with E-state index in [4.69, 9.17) is 18.9 Å². The molecule has 0 aliphatic heterocycles. The Morgan fingerprint density at radius 3 is 0.667 bits per heavy atom. The van der Waals surface area contributed by atoms with Crippen LogP contribution < -0.4 is 18.9 Å². The largest absolute Gasteiger partial charge is 0.493 e. The second kappa shape index (κ2) is 17.8. The Balaban J connectivity index is 1.87. The lowest BCUT2D eigenvalue weighted by Crippen LogP contribution is -2.12. The molecule has 0 N–H and O–H groups in total. The van der Waals surface area contributed by atoms with E-state index in [0.29, 0.717) is 26.4 Å². The van der Waals surface area contributed by atoms with E-state index in [1.54, 1.807) is 0 Å². The Labute approximate surface area is 319 Å². The van der Waals surface area contributed by atoms with E-state index >= 15 is 0 Å². The van der Waals surface area contributed by atoms with Crippen LogP contribution in [-0.4, -0.2) is 26.4 Å². The van der Waals surface area contributed by atoms with Gasteiger partial charge in [0.05, 0.1) is 45.7 Å². The van der Waals surface area contributed by atoms with Gasteiger partial charge in [-0.3, -0.25) is 0 Å². The van der Waals surface area contributed by atoms with Crippen LogP contribution in [0, 0.1) is 0 Å². The number of hydrogen-bond donors (Lipinski definition) is 0. The SMILES string of the molecule is CCCOc1c2cccc1C(Br)c1cccc(c1OCCC)C(Br)c1cccc(c1OCCC)C(Br)c1cccc(c1OCCC)C2Br. The summed E-state index contributed by atoms with van der Waals surface area (Å²) in [5.74, 6) is 3.44. The second-order valence-electron chi connectivity index (χ2n) is 11.9. The molecule has 0 radical (unpaired) electrons. The highest BCUT2D eigenvalue weighted by Crippen LogP contribution is 2.53. The molecule has 0 atom stereocenters. The van der Waals surface area contributed by atoms with Gasteiger partial charge in [-0.15, -0.1) is 0 Å². The number of alkyl halides is 4. The minimum atomic E-state index is -0.195. The minimum Gasteiger partial charge on any atom is -0.493 e. The molecule has 0 saturated carbocycles. The molecule has 1 aliphatic carbocycles. The van der Waals surface area contributed by atoms with Crippen LogP contribution in [0.2, 0.25) is 0 Å². The van der Waals surface area contributed by atoms with Crippen molar-refractivity contribution in [3.05, 3.63) is 117 Å². The summed E-state index contributed by atoms with van der Waals surface area (Å²) in [6.45, 7) is 11.0. The summed E-state index contributed by atoms with van der Waals surface area (Å²) < 4.78 is 26.6. The van der Waals surface area contributed by atoms with Crippen molar-refractivity contribution >= 4 is 63.7 Å². The Morgan fingerprint density at radius 1 is 0.354 bits per heavy atom. The number of ether oxygens (including phenoxy) is 4. The summed E-state index contributed by atoms with van der Waals surface area (Å²) in [5.41, 5.74) is 8.35. The second-order valence-corrected chi connectivity index (χ2v) is 15.6. The van der Waals surface area contributed by atoms with Crippen LogP contribution in [0.3, 0.4) is 0 Å². The maximum absolute atomic E-state index is 6.64. The lowest BCUT2D eigenvalue weighted by atomic mass is 9.91.